The summed E-state index contributed by atoms with van der Waals surface area (Å²) in [5, 5.41) is 2.57. The molecule has 1 amide bonds. The summed E-state index contributed by atoms with van der Waals surface area (Å²) in [6.07, 6.45) is 2.46. The minimum Gasteiger partial charge on any atom is -0.444 e. The van der Waals surface area contributed by atoms with Crippen molar-refractivity contribution in [1.29, 1.82) is 0 Å². The van der Waals surface area contributed by atoms with Gasteiger partial charge >= 0.3 is 0 Å². The number of aryl methyl sites for hydroxylation is 1. The summed E-state index contributed by atoms with van der Waals surface area (Å²) < 4.78 is 5.26. The van der Waals surface area contributed by atoms with Crippen LogP contribution in [0.5, 0.6) is 0 Å². The van der Waals surface area contributed by atoms with Crippen molar-refractivity contribution >= 4 is 5.91 Å². The average molecular weight is 183 g/mol. The normalized spacial score (nSPS) is 10.0. The lowest BCUT2D eigenvalue weighted by molar-refractivity contribution is -0.120. The van der Waals surface area contributed by atoms with Crippen molar-refractivity contribution in [2.24, 2.45) is 5.73 Å². The lowest BCUT2D eigenvalue weighted by Gasteiger charge is -1.98. The van der Waals surface area contributed by atoms with Crippen molar-refractivity contribution in [1.82, 2.24) is 10.3 Å². The van der Waals surface area contributed by atoms with Crippen LogP contribution in [0, 0.1) is 0 Å². The smallest absolute Gasteiger partial charge is 0.234 e. The van der Waals surface area contributed by atoms with E-state index in [0.29, 0.717) is 12.4 Å². The standard InChI is InChI=1S/C8H13N3O2/c1-2-6-4-11-8(13-6)5-10-7(12)3-9/h4H,2-3,5,9H2,1H3,(H,10,12). The Morgan fingerprint density at radius 3 is 3.08 bits per heavy atom. The number of carbonyl (C=O) groups is 1. The lowest BCUT2D eigenvalue weighted by atomic mass is 10.4. The molecule has 0 atom stereocenters. The average Bonchev–Trinajstić information content (AvgIpc) is 2.61. The number of oxazole rings is 1. The van der Waals surface area contributed by atoms with E-state index in [0.717, 1.165) is 12.2 Å². The Balaban J connectivity index is 2.41. The fourth-order valence-electron chi connectivity index (χ4n) is 0.840. The van der Waals surface area contributed by atoms with Gasteiger partial charge in [-0.05, 0) is 0 Å². The zero-order valence-corrected chi connectivity index (χ0v) is 7.54. The molecule has 0 bridgehead atoms. The Kier molecular flexibility index (Phi) is 3.45. The van der Waals surface area contributed by atoms with Crippen LogP contribution in [0.3, 0.4) is 0 Å². The maximum atomic E-state index is 10.8. The second-order valence-electron chi connectivity index (χ2n) is 2.55. The third kappa shape index (κ3) is 2.87. The van der Waals surface area contributed by atoms with E-state index in [2.05, 4.69) is 10.3 Å². The van der Waals surface area contributed by atoms with Crippen molar-refractivity contribution in [2.75, 3.05) is 6.54 Å². The maximum Gasteiger partial charge on any atom is 0.234 e. The van der Waals surface area contributed by atoms with Gasteiger partial charge in [-0.15, -0.1) is 0 Å². The number of nitrogens with zero attached hydrogens (tertiary/aromatic N) is 1. The molecule has 5 heteroatoms. The highest BCUT2D eigenvalue weighted by atomic mass is 16.4. The van der Waals surface area contributed by atoms with Gasteiger partial charge in [0.15, 0.2) is 0 Å². The van der Waals surface area contributed by atoms with E-state index >= 15 is 0 Å². The molecule has 13 heavy (non-hydrogen) atoms. The Morgan fingerprint density at radius 2 is 2.54 bits per heavy atom. The Hall–Kier alpha value is -1.36. The first kappa shape index (κ1) is 9.73. The van der Waals surface area contributed by atoms with Crippen molar-refractivity contribution in [3.63, 3.8) is 0 Å². The van der Waals surface area contributed by atoms with Gasteiger partial charge in [0.2, 0.25) is 11.8 Å². The first-order valence-electron chi connectivity index (χ1n) is 4.16. The summed E-state index contributed by atoms with van der Waals surface area (Å²) in [6.45, 7) is 2.26. The van der Waals surface area contributed by atoms with Gasteiger partial charge in [-0.3, -0.25) is 4.79 Å². The van der Waals surface area contributed by atoms with E-state index in [4.69, 9.17) is 10.2 Å². The van der Waals surface area contributed by atoms with Crippen molar-refractivity contribution in [3.05, 3.63) is 17.8 Å². The summed E-state index contributed by atoms with van der Waals surface area (Å²) in [7, 11) is 0. The molecular formula is C8H13N3O2. The predicted octanol–water partition coefficient (Wildman–Crippen LogP) is -0.188. The van der Waals surface area contributed by atoms with E-state index in [1.54, 1.807) is 6.20 Å². The zero-order chi connectivity index (χ0) is 9.68. The molecule has 1 rings (SSSR count). The van der Waals surface area contributed by atoms with Crippen LogP contribution in [0.25, 0.3) is 0 Å². The summed E-state index contributed by atoms with van der Waals surface area (Å²) in [4.78, 5) is 14.7. The molecule has 0 aliphatic heterocycles. The molecule has 0 aliphatic rings. The number of nitrogens with one attached hydrogen (secondary N) is 1. The third-order valence-electron chi connectivity index (χ3n) is 1.57. The number of hydrogen-bond acceptors (Lipinski definition) is 4. The SMILES string of the molecule is CCc1cnc(CNC(=O)CN)o1. The number of amides is 1. The molecule has 1 aromatic rings. The first-order chi connectivity index (χ1) is 6.26. The highest BCUT2D eigenvalue weighted by Gasteiger charge is 2.03. The monoisotopic (exact) mass is 183 g/mol. The first-order valence-corrected chi connectivity index (χ1v) is 4.16. The zero-order valence-electron chi connectivity index (χ0n) is 7.54. The fourth-order valence-corrected chi connectivity index (χ4v) is 0.840. The molecule has 1 heterocycles. The van der Waals surface area contributed by atoms with Crippen LogP contribution in [0.4, 0.5) is 0 Å². The van der Waals surface area contributed by atoms with Crippen LogP contribution >= 0.6 is 0 Å². The van der Waals surface area contributed by atoms with Gasteiger partial charge in [0.1, 0.15) is 5.76 Å². The molecule has 0 aliphatic carbocycles. The second kappa shape index (κ2) is 4.61. The minimum atomic E-state index is -0.212. The van der Waals surface area contributed by atoms with Crippen LogP contribution < -0.4 is 11.1 Å². The van der Waals surface area contributed by atoms with Gasteiger partial charge in [-0.2, -0.15) is 0 Å². The molecule has 0 unspecified atom stereocenters. The van der Waals surface area contributed by atoms with Gasteiger partial charge in [0, 0.05) is 6.42 Å². The van der Waals surface area contributed by atoms with E-state index in [9.17, 15) is 4.79 Å². The number of rotatable bonds is 4. The van der Waals surface area contributed by atoms with E-state index in [1.807, 2.05) is 6.92 Å². The fraction of sp³-hybridized carbons (Fsp3) is 0.500. The number of nitrogens with two attached hydrogens (primary N) is 1. The van der Waals surface area contributed by atoms with Gasteiger partial charge in [0.05, 0.1) is 19.3 Å². The van der Waals surface area contributed by atoms with Crippen LogP contribution in [0.2, 0.25) is 0 Å². The molecular weight excluding hydrogens is 170 g/mol. The molecule has 72 valence electrons. The van der Waals surface area contributed by atoms with Gasteiger partial charge in [0.25, 0.3) is 0 Å². The molecule has 5 nitrogen and oxygen atoms in total. The topological polar surface area (TPSA) is 81.2 Å². The van der Waals surface area contributed by atoms with Gasteiger partial charge in [-0.25, -0.2) is 4.98 Å². The van der Waals surface area contributed by atoms with Gasteiger partial charge < -0.3 is 15.5 Å². The second-order valence-corrected chi connectivity index (χ2v) is 2.55. The molecule has 0 spiro atoms. The molecule has 0 aromatic carbocycles. The summed E-state index contributed by atoms with van der Waals surface area (Å²) in [5.74, 6) is 1.12. The van der Waals surface area contributed by atoms with Crippen molar-refractivity contribution in [3.8, 4) is 0 Å². The highest BCUT2D eigenvalue weighted by molar-refractivity contribution is 5.77. The Morgan fingerprint density at radius 1 is 1.77 bits per heavy atom. The Labute approximate surface area is 76.3 Å². The van der Waals surface area contributed by atoms with Crippen LogP contribution in [-0.2, 0) is 17.8 Å². The molecule has 0 fully saturated rings. The van der Waals surface area contributed by atoms with Crippen LogP contribution in [-0.4, -0.2) is 17.4 Å². The molecule has 0 saturated carbocycles. The Bertz CT molecular complexity index is 283. The lowest BCUT2D eigenvalue weighted by Crippen LogP contribution is -2.29. The summed E-state index contributed by atoms with van der Waals surface area (Å²) in [5.41, 5.74) is 5.10. The summed E-state index contributed by atoms with van der Waals surface area (Å²) >= 11 is 0. The number of carbonyl (C=O) groups excluding carboxylic acids is 1. The summed E-state index contributed by atoms with van der Waals surface area (Å²) in [6, 6.07) is 0. The van der Waals surface area contributed by atoms with Crippen LogP contribution in [0.15, 0.2) is 10.6 Å². The highest BCUT2D eigenvalue weighted by Crippen LogP contribution is 2.03. The predicted molar refractivity (Wildman–Crippen MR) is 46.8 cm³/mol. The molecule has 1 aromatic heterocycles. The number of hydrogen-bond donors (Lipinski definition) is 2. The minimum absolute atomic E-state index is 0.0126. The van der Waals surface area contributed by atoms with Crippen LogP contribution in [0.1, 0.15) is 18.6 Å². The van der Waals surface area contributed by atoms with Gasteiger partial charge in [-0.1, -0.05) is 6.92 Å². The van der Waals surface area contributed by atoms with E-state index in [-0.39, 0.29) is 12.5 Å². The third-order valence-corrected chi connectivity index (χ3v) is 1.57. The van der Waals surface area contributed by atoms with E-state index < -0.39 is 0 Å². The van der Waals surface area contributed by atoms with E-state index in [1.165, 1.54) is 0 Å². The molecule has 3 N–H and O–H groups in total. The quantitative estimate of drug-likeness (QED) is 0.678. The largest absolute Gasteiger partial charge is 0.444 e. The maximum absolute atomic E-state index is 10.8. The molecule has 0 radical (unpaired) electrons. The molecule has 0 saturated heterocycles. The van der Waals surface area contributed by atoms with Crippen molar-refractivity contribution in [2.45, 2.75) is 19.9 Å². The number of aromatic nitrogens is 1. The van der Waals surface area contributed by atoms with Crippen molar-refractivity contribution < 1.29 is 9.21 Å².